The van der Waals surface area contributed by atoms with E-state index < -0.39 is 11.9 Å². The van der Waals surface area contributed by atoms with Gasteiger partial charge in [-0.3, -0.25) is 14.8 Å². The number of benzene rings is 1. The first-order valence-electron chi connectivity index (χ1n) is 4.88. The molecule has 2 amide bonds. The van der Waals surface area contributed by atoms with Gasteiger partial charge in [-0.2, -0.15) is 0 Å². The predicted octanol–water partition coefficient (Wildman–Crippen LogP) is 0.239. The van der Waals surface area contributed by atoms with E-state index in [9.17, 15) is 9.59 Å². The first kappa shape index (κ1) is 12.2. The van der Waals surface area contributed by atoms with Crippen LogP contribution in [0, 0.1) is 0 Å². The van der Waals surface area contributed by atoms with Crippen LogP contribution in [0.15, 0.2) is 30.3 Å². The first-order chi connectivity index (χ1) is 7.63. The van der Waals surface area contributed by atoms with Crippen LogP contribution in [-0.4, -0.2) is 23.1 Å². The first-order valence-corrected chi connectivity index (χ1v) is 4.88. The summed E-state index contributed by atoms with van der Waals surface area (Å²) in [5.41, 5.74) is 2.44. The van der Waals surface area contributed by atoms with E-state index in [1.807, 2.05) is 30.3 Å². The molecule has 0 radical (unpaired) electrons. The Morgan fingerprint density at radius 3 is 2.44 bits per heavy atom. The third-order valence-corrected chi connectivity index (χ3v) is 2.09. The molecule has 0 saturated carbocycles. The zero-order valence-electron chi connectivity index (χ0n) is 8.93. The van der Waals surface area contributed by atoms with E-state index in [-0.39, 0.29) is 5.91 Å². The second-order valence-electron chi connectivity index (χ2n) is 3.42. The molecular weight excluding hydrogens is 208 g/mol. The minimum atomic E-state index is -0.759. The third-order valence-electron chi connectivity index (χ3n) is 2.09. The van der Waals surface area contributed by atoms with Gasteiger partial charge in [-0.15, -0.1) is 0 Å². The van der Waals surface area contributed by atoms with Crippen LogP contribution >= 0.6 is 0 Å². The summed E-state index contributed by atoms with van der Waals surface area (Å²) in [6.07, 6.45) is 0.340. The number of hydrogen-bond donors (Lipinski definition) is 3. The summed E-state index contributed by atoms with van der Waals surface area (Å²) in [5, 5.41) is 11.0. The van der Waals surface area contributed by atoms with Gasteiger partial charge in [-0.25, -0.2) is 5.48 Å². The third kappa shape index (κ3) is 3.70. The Morgan fingerprint density at radius 2 is 1.94 bits per heavy atom. The SMILES string of the molecule is CC(=O)NC(Cc1ccccc1)C(=O)NO. The minimum absolute atomic E-state index is 0.315. The van der Waals surface area contributed by atoms with E-state index in [1.165, 1.54) is 12.4 Å². The van der Waals surface area contributed by atoms with Crippen molar-refractivity contribution in [3.8, 4) is 0 Å². The fourth-order valence-electron chi connectivity index (χ4n) is 1.38. The molecule has 0 aliphatic carbocycles. The summed E-state index contributed by atoms with van der Waals surface area (Å²) in [7, 11) is 0. The van der Waals surface area contributed by atoms with Crippen LogP contribution in [0.5, 0.6) is 0 Å². The molecule has 0 saturated heterocycles. The standard InChI is InChI=1S/C11H14N2O3/c1-8(14)12-10(11(15)13-16)7-9-5-3-2-4-6-9/h2-6,10,16H,7H2,1H3,(H,12,14)(H,13,15). The number of carbonyl (C=O) groups is 2. The van der Waals surface area contributed by atoms with Crippen molar-refractivity contribution in [2.45, 2.75) is 19.4 Å². The molecule has 86 valence electrons. The zero-order valence-corrected chi connectivity index (χ0v) is 8.93. The van der Waals surface area contributed by atoms with Crippen LogP contribution in [0.25, 0.3) is 0 Å². The lowest BCUT2D eigenvalue weighted by Gasteiger charge is -2.15. The van der Waals surface area contributed by atoms with Crippen molar-refractivity contribution in [3.63, 3.8) is 0 Å². The maximum Gasteiger partial charge on any atom is 0.266 e. The van der Waals surface area contributed by atoms with Crippen molar-refractivity contribution in [2.24, 2.45) is 0 Å². The lowest BCUT2D eigenvalue weighted by atomic mass is 10.1. The van der Waals surface area contributed by atoms with Gasteiger partial charge >= 0.3 is 0 Å². The largest absolute Gasteiger partial charge is 0.344 e. The molecular formula is C11H14N2O3. The molecule has 0 bridgehead atoms. The molecule has 5 nitrogen and oxygen atoms in total. The quantitative estimate of drug-likeness (QED) is 0.504. The molecule has 0 aliphatic rings. The van der Waals surface area contributed by atoms with E-state index in [0.29, 0.717) is 6.42 Å². The maximum absolute atomic E-state index is 11.3. The van der Waals surface area contributed by atoms with Crippen molar-refractivity contribution in [1.82, 2.24) is 10.8 Å². The highest BCUT2D eigenvalue weighted by molar-refractivity contribution is 5.86. The maximum atomic E-state index is 11.3. The Kier molecular flexibility index (Phi) is 4.47. The van der Waals surface area contributed by atoms with Gasteiger partial charge in [0.1, 0.15) is 6.04 Å². The fraction of sp³-hybridized carbons (Fsp3) is 0.273. The molecule has 16 heavy (non-hydrogen) atoms. The number of amides is 2. The molecule has 1 rings (SSSR count). The lowest BCUT2D eigenvalue weighted by molar-refractivity contribution is -0.134. The highest BCUT2D eigenvalue weighted by Crippen LogP contribution is 2.03. The Bertz CT molecular complexity index is 365. The molecule has 1 aromatic carbocycles. The van der Waals surface area contributed by atoms with Crippen molar-refractivity contribution in [2.75, 3.05) is 0 Å². The van der Waals surface area contributed by atoms with Crippen LogP contribution in [-0.2, 0) is 16.0 Å². The minimum Gasteiger partial charge on any atom is -0.344 e. The summed E-state index contributed by atoms with van der Waals surface area (Å²) in [5.74, 6) is -0.941. The molecule has 0 fully saturated rings. The average molecular weight is 222 g/mol. The second-order valence-corrected chi connectivity index (χ2v) is 3.42. The van der Waals surface area contributed by atoms with Gasteiger partial charge in [0.25, 0.3) is 5.91 Å². The molecule has 0 spiro atoms. The van der Waals surface area contributed by atoms with Crippen molar-refractivity contribution < 1.29 is 14.8 Å². The topological polar surface area (TPSA) is 78.4 Å². The Hall–Kier alpha value is -1.88. The summed E-state index contributed by atoms with van der Waals surface area (Å²) in [6, 6.07) is 8.49. The van der Waals surface area contributed by atoms with Crippen molar-refractivity contribution in [3.05, 3.63) is 35.9 Å². The Morgan fingerprint density at radius 1 is 1.31 bits per heavy atom. The second kappa shape index (κ2) is 5.87. The lowest BCUT2D eigenvalue weighted by Crippen LogP contribution is -2.46. The molecule has 3 N–H and O–H groups in total. The highest BCUT2D eigenvalue weighted by Gasteiger charge is 2.18. The van der Waals surface area contributed by atoms with Gasteiger partial charge in [0, 0.05) is 13.3 Å². The smallest absolute Gasteiger partial charge is 0.266 e. The van der Waals surface area contributed by atoms with Crippen LogP contribution < -0.4 is 10.8 Å². The van der Waals surface area contributed by atoms with Gasteiger partial charge in [0.05, 0.1) is 0 Å². The summed E-state index contributed by atoms with van der Waals surface area (Å²) >= 11 is 0. The fourth-order valence-corrected chi connectivity index (χ4v) is 1.38. The number of nitrogens with one attached hydrogen (secondary N) is 2. The summed E-state index contributed by atoms with van der Waals surface area (Å²) in [6.45, 7) is 1.32. The zero-order chi connectivity index (χ0) is 12.0. The van der Waals surface area contributed by atoms with Gasteiger partial charge in [-0.1, -0.05) is 30.3 Å². The molecule has 1 unspecified atom stereocenters. The molecule has 0 aromatic heterocycles. The number of hydrogen-bond acceptors (Lipinski definition) is 3. The van der Waals surface area contributed by atoms with E-state index >= 15 is 0 Å². The molecule has 5 heteroatoms. The molecule has 0 aliphatic heterocycles. The average Bonchev–Trinajstić information content (AvgIpc) is 2.28. The van der Waals surface area contributed by atoms with Crippen LogP contribution in [0.4, 0.5) is 0 Å². The van der Waals surface area contributed by atoms with Crippen LogP contribution in [0.3, 0.4) is 0 Å². The van der Waals surface area contributed by atoms with Gasteiger partial charge in [0.2, 0.25) is 5.91 Å². The van der Waals surface area contributed by atoms with Crippen LogP contribution in [0.1, 0.15) is 12.5 Å². The van der Waals surface area contributed by atoms with Crippen molar-refractivity contribution in [1.29, 1.82) is 0 Å². The Balaban J connectivity index is 2.70. The monoisotopic (exact) mass is 222 g/mol. The van der Waals surface area contributed by atoms with Crippen molar-refractivity contribution >= 4 is 11.8 Å². The Labute approximate surface area is 93.4 Å². The van der Waals surface area contributed by atoms with Gasteiger partial charge in [0.15, 0.2) is 0 Å². The normalized spacial score (nSPS) is 11.6. The van der Waals surface area contributed by atoms with E-state index in [0.717, 1.165) is 5.56 Å². The van der Waals surface area contributed by atoms with E-state index in [1.54, 1.807) is 0 Å². The number of carbonyl (C=O) groups excluding carboxylic acids is 2. The number of rotatable bonds is 4. The highest BCUT2D eigenvalue weighted by atomic mass is 16.5. The summed E-state index contributed by atoms with van der Waals surface area (Å²) in [4.78, 5) is 22.2. The van der Waals surface area contributed by atoms with Gasteiger partial charge < -0.3 is 5.32 Å². The van der Waals surface area contributed by atoms with E-state index in [2.05, 4.69) is 5.32 Å². The molecule has 1 aromatic rings. The molecule has 0 heterocycles. The summed E-state index contributed by atoms with van der Waals surface area (Å²) < 4.78 is 0. The van der Waals surface area contributed by atoms with Gasteiger partial charge in [-0.05, 0) is 5.56 Å². The number of hydroxylamine groups is 1. The molecule has 1 atom stereocenters. The van der Waals surface area contributed by atoms with Crippen LogP contribution in [0.2, 0.25) is 0 Å². The van der Waals surface area contributed by atoms with E-state index in [4.69, 9.17) is 5.21 Å². The predicted molar refractivity (Wildman–Crippen MR) is 57.7 cm³/mol.